The summed E-state index contributed by atoms with van der Waals surface area (Å²) in [6.07, 6.45) is 0. The van der Waals surface area contributed by atoms with Crippen LogP contribution in [0, 0.1) is 25.7 Å². The lowest BCUT2D eigenvalue weighted by Crippen LogP contribution is -2.55. The van der Waals surface area contributed by atoms with E-state index in [2.05, 4.69) is 146 Å². The van der Waals surface area contributed by atoms with Crippen LogP contribution in [0.25, 0.3) is 105 Å². The Balaban J connectivity index is 0.935. The van der Waals surface area contributed by atoms with Crippen molar-refractivity contribution in [2.45, 2.75) is 105 Å². The third-order valence-corrected chi connectivity index (χ3v) is 18.5. The summed E-state index contributed by atoms with van der Waals surface area (Å²) in [7, 11) is 0. The van der Waals surface area contributed by atoms with Crippen molar-refractivity contribution in [3.8, 4) is 16.8 Å². The summed E-state index contributed by atoms with van der Waals surface area (Å²) >= 11 is 0. The standard InChI is InChI=1S/C72H60N2O8/c1-35(2)71-49-23-17-18-24-50(49)72(36(3)4,54-34-62-61(33-53(54)71)81-57-29-47-48(30-58(57)82-62)68(78)74(67(47)77)70(10,11)12)52-32-60-59(31-51(52)71)79-55-27-45-46(28-56(55)80-60)66(76)73(65(45)75)64-38(6)26-44(40-20-14-16-22-42(40)64)43-25-37(5)63(69(7,8)9)41-21-15-13-19-39(41)43/h13-36H,1-12H3. The molecule has 2 unspecified atom stereocenters. The topological polar surface area (TPSA) is 131 Å². The largest absolute Gasteiger partial charge is 0.449 e. The smallest absolute Gasteiger partial charge is 0.266 e. The highest BCUT2D eigenvalue weighted by Gasteiger charge is 2.61. The number of hydrogen-bond donors (Lipinski definition) is 0. The maximum absolute atomic E-state index is 15.0. The van der Waals surface area contributed by atoms with Gasteiger partial charge in [-0.05, 0) is 184 Å². The Kier molecular flexibility index (Phi) is 9.96. The normalized spacial score (nSPS) is 17.0. The number of aromatic nitrogens is 2. The van der Waals surface area contributed by atoms with Crippen LogP contribution < -0.4 is 22.2 Å². The summed E-state index contributed by atoms with van der Waals surface area (Å²) in [6.45, 7) is 25.4. The van der Waals surface area contributed by atoms with Crippen LogP contribution in [0.1, 0.15) is 119 Å². The van der Waals surface area contributed by atoms with Gasteiger partial charge in [0.05, 0.1) is 27.2 Å². The number of aryl methyl sites for hydroxylation is 2. The molecular formula is C72H60N2O8. The van der Waals surface area contributed by atoms with E-state index in [4.69, 9.17) is 17.7 Å². The summed E-state index contributed by atoms with van der Waals surface area (Å²) in [5.74, 6) is -0.0267. The van der Waals surface area contributed by atoms with Gasteiger partial charge in [-0.1, -0.05) is 127 Å². The summed E-state index contributed by atoms with van der Waals surface area (Å²) < 4.78 is 30.0. The highest BCUT2D eigenvalue weighted by molar-refractivity contribution is 6.10. The van der Waals surface area contributed by atoms with Gasteiger partial charge in [-0.15, -0.1) is 0 Å². The van der Waals surface area contributed by atoms with Gasteiger partial charge in [0.15, 0.2) is 44.7 Å². The first-order valence-electron chi connectivity index (χ1n) is 28.4. The molecule has 0 saturated carbocycles. The fraction of sp³-hybridized carbons (Fsp3) is 0.250. The first-order chi connectivity index (χ1) is 39.0. The van der Waals surface area contributed by atoms with Gasteiger partial charge in [0.1, 0.15) is 0 Å². The molecule has 10 heteroatoms. The van der Waals surface area contributed by atoms with E-state index < -0.39 is 27.5 Å². The maximum atomic E-state index is 15.0. The van der Waals surface area contributed by atoms with E-state index in [0.29, 0.717) is 50.4 Å². The Morgan fingerprint density at radius 2 is 0.707 bits per heavy atom. The molecule has 13 aromatic rings. The molecule has 16 rings (SSSR count). The van der Waals surface area contributed by atoms with E-state index >= 15 is 9.59 Å². The second kappa shape index (κ2) is 16.3. The number of hydrogen-bond acceptors (Lipinski definition) is 8. The Labute approximate surface area is 470 Å². The molecule has 2 atom stereocenters. The molecule has 0 amide bonds. The number of rotatable bonds is 4. The summed E-state index contributed by atoms with van der Waals surface area (Å²) in [6, 6.07) is 44.8. The third-order valence-electron chi connectivity index (χ3n) is 18.5. The zero-order valence-electron chi connectivity index (χ0n) is 48.0. The van der Waals surface area contributed by atoms with Crippen molar-refractivity contribution in [1.29, 1.82) is 0 Å². The van der Waals surface area contributed by atoms with Gasteiger partial charge in [0.2, 0.25) is 0 Å². The zero-order chi connectivity index (χ0) is 57.2. The molecule has 3 aliphatic rings. The lowest BCUT2D eigenvalue weighted by Gasteiger charge is -2.59. The zero-order valence-corrected chi connectivity index (χ0v) is 48.0. The molecule has 0 N–H and O–H groups in total. The van der Waals surface area contributed by atoms with Crippen LogP contribution in [0.2, 0.25) is 0 Å². The number of benzene rings is 9. The van der Waals surface area contributed by atoms with Crippen molar-refractivity contribution in [3.63, 3.8) is 0 Å². The minimum absolute atomic E-state index is 0.0134. The van der Waals surface area contributed by atoms with Crippen molar-refractivity contribution >= 4 is 87.8 Å². The van der Waals surface area contributed by atoms with Gasteiger partial charge >= 0.3 is 0 Å². The SMILES string of the molecule is Cc1cc(-c2cc(C)c(C(C)(C)C)c3ccccc23)c2ccccc2c1-n1c(=O)c2cc3oc4cc5c(cc4oc3cc2c1=O)C1(C(C)C)c2ccccc2C5(C(C)C)c2cc3oc4cc5c(=O)n(C(C)(C)C)c(=O)c5cc4oc3cc21. The maximum Gasteiger partial charge on any atom is 0.266 e. The van der Waals surface area contributed by atoms with Crippen molar-refractivity contribution in [2.24, 2.45) is 11.8 Å². The van der Waals surface area contributed by atoms with Gasteiger partial charge in [0, 0.05) is 21.8 Å². The molecule has 2 bridgehead atoms. The molecule has 0 aliphatic heterocycles. The Hall–Kier alpha value is -9.02. The molecule has 9 aromatic carbocycles. The highest BCUT2D eigenvalue weighted by Crippen LogP contribution is 2.67. The van der Waals surface area contributed by atoms with E-state index in [1.54, 1.807) is 24.3 Å². The Bertz CT molecular complexity index is 5110. The molecule has 0 fully saturated rings. The lowest BCUT2D eigenvalue weighted by atomic mass is 9.42. The Morgan fingerprint density at radius 1 is 0.378 bits per heavy atom. The average molecular weight is 1080 g/mol. The number of fused-ring (bicyclic) bond motifs is 8. The van der Waals surface area contributed by atoms with Crippen LogP contribution in [-0.2, 0) is 21.8 Å². The summed E-state index contributed by atoms with van der Waals surface area (Å²) in [5.41, 5.74) is 12.1. The molecule has 406 valence electrons. The molecule has 0 spiro atoms. The predicted molar refractivity (Wildman–Crippen MR) is 329 cm³/mol. The monoisotopic (exact) mass is 1080 g/mol. The summed E-state index contributed by atoms with van der Waals surface area (Å²) in [4.78, 5) is 57.5. The van der Waals surface area contributed by atoms with Gasteiger partial charge in [-0.3, -0.25) is 23.7 Å². The fourth-order valence-corrected chi connectivity index (χ4v) is 15.5. The van der Waals surface area contributed by atoms with Crippen LogP contribution in [-0.4, -0.2) is 9.13 Å². The van der Waals surface area contributed by atoms with Crippen LogP contribution in [0.5, 0.6) is 0 Å². The minimum atomic E-state index is -0.735. The van der Waals surface area contributed by atoms with Gasteiger partial charge < -0.3 is 17.7 Å². The van der Waals surface area contributed by atoms with E-state index in [-0.39, 0.29) is 49.9 Å². The molecule has 0 radical (unpaired) electrons. The third kappa shape index (κ3) is 6.24. The second-order valence-corrected chi connectivity index (χ2v) is 25.9. The van der Waals surface area contributed by atoms with E-state index in [0.717, 1.165) is 55.1 Å². The van der Waals surface area contributed by atoms with E-state index in [9.17, 15) is 9.59 Å². The first-order valence-corrected chi connectivity index (χ1v) is 28.4. The van der Waals surface area contributed by atoms with E-state index in [1.165, 1.54) is 36.8 Å². The molecule has 82 heavy (non-hydrogen) atoms. The predicted octanol–water partition coefficient (Wildman–Crippen LogP) is 16.3. The van der Waals surface area contributed by atoms with Crippen molar-refractivity contribution in [1.82, 2.24) is 9.13 Å². The summed E-state index contributed by atoms with van der Waals surface area (Å²) in [5, 5.41) is 5.13. The fourth-order valence-electron chi connectivity index (χ4n) is 15.5. The number of nitrogens with zero attached hydrogens (tertiary/aromatic N) is 2. The highest BCUT2D eigenvalue weighted by atomic mass is 16.4. The van der Waals surface area contributed by atoms with Gasteiger partial charge in [-0.2, -0.15) is 0 Å². The molecule has 4 heterocycles. The van der Waals surface area contributed by atoms with Crippen LogP contribution >= 0.6 is 0 Å². The van der Waals surface area contributed by atoms with Crippen LogP contribution in [0.15, 0.2) is 170 Å². The first kappa shape index (κ1) is 50.0. The molecule has 10 nitrogen and oxygen atoms in total. The van der Waals surface area contributed by atoms with Crippen LogP contribution in [0.3, 0.4) is 0 Å². The second-order valence-electron chi connectivity index (χ2n) is 25.9. The van der Waals surface area contributed by atoms with Crippen LogP contribution in [0.4, 0.5) is 0 Å². The Morgan fingerprint density at radius 3 is 1.09 bits per heavy atom. The molecule has 4 aromatic heterocycles. The average Bonchev–Trinajstić information content (AvgIpc) is 0.858. The molecule has 0 saturated heterocycles. The lowest BCUT2D eigenvalue weighted by molar-refractivity contribution is 0.325. The quantitative estimate of drug-likeness (QED) is 0.159. The van der Waals surface area contributed by atoms with Crippen molar-refractivity contribution in [3.05, 3.63) is 225 Å². The van der Waals surface area contributed by atoms with Crippen molar-refractivity contribution < 1.29 is 17.7 Å². The molecule has 3 aliphatic carbocycles. The van der Waals surface area contributed by atoms with Gasteiger partial charge in [-0.25, -0.2) is 4.57 Å². The minimum Gasteiger partial charge on any atom is -0.449 e. The molecular weight excluding hydrogens is 1020 g/mol. The van der Waals surface area contributed by atoms with E-state index in [1.807, 2.05) is 45.9 Å². The van der Waals surface area contributed by atoms with Gasteiger partial charge in [0.25, 0.3) is 22.2 Å². The van der Waals surface area contributed by atoms with Crippen molar-refractivity contribution in [2.75, 3.05) is 0 Å².